The smallest absolute Gasteiger partial charge is 0.471 e. The Hall–Kier alpha value is -1.39. The lowest BCUT2D eigenvalue weighted by atomic mass is 10.1. The molecule has 0 heterocycles. The maximum Gasteiger partial charge on any atom is 0.471 e. The first-order chi connectivity index (χ1) is 8.12. The molecule has 0 aliphatic carbocycles. The van der Waals surface area contributed by atoms with E-state index < -0.39 is 35.1 Å². The molecular weight excluding hydrogens is 373 g/mol. The van der Waals surface area contributed by atoms with Crippen molar-refractivity contribution in [2.45, 2.75) is 6.18 Å². The zero-order chi connectivity index (χ0) is 14.1. The summed E-state index contributed by atoms with van der Waals surface area (Å²) in [6.45, 7) is 0. The molecule has 9 heteroatoms. The van der Waals surface area contributed by atoms with Crippen molar-refractivity contribution in [3.63, 3.8) is 0 Å². The van der Waals surface area contributed by atoms with Crippen molar-refractivity contribution in [3.05, 3.63) is 27.1 Å². The Morgan fingerprint density at radius 3 is 2.28 bits per heavy atom. The first kappa shape index (κ1) is 14.7. The second kappa shape index (κ2) is 5.08. The summed E-state index contributed by atoms with van der Waals surface area (Å²) in [4.78, 5) is 21.5. The highest BCUT2D eigenvalue weighted by atomic mass is 127. The normalized spacial score (nSPS) is 11.2. The molecule has 18 heavy (non-hydrogen) atoms. The van der Waals surface area contributed by atoms with Crippen LogP contribution in [0.25, 0.3) is 0 Å². The number of alkyl halides is 3. The fourth-order valence-electron chi connectivity index (χ4n) is 1.05. The van der Waals surface area contributed by atoms with E-state index in [4.69, 9.17) is 5.11 Å². The van der Waals surface area contributed by atoms with Crippen LogP contribution in [0.3, 0.4) is 0 Å². The third kappa shape index (κ3) is 3.31. The summed E-state index contributed by atoms with van der Waals surface area (Å²) in [5, 5.41) is 10.1. The van der Waals surface area contributed by atoms with Gasteiger partial charge in [0, 0.05) is 3.57 Å². The summed E-state index contributed by atoms with van der Waals surface area (Å²) in [5.74, 6) is -4.90. The van der Waals surface area contributed by atoms with Gasteiger partial charge in [0.05, 0.1) is 11.3 Å². The Bertz CT molecular complexity index is 515. The Kier molecular flexibility index (Phi) is 4.14. The van der Waals surface area contributed by atoms with Gasteiger partial charge in [-0.2, -0.15) is 13.2 Å². The van der Waals surface area contributed by atoms with E-state index in [1.165, 1.54) is 27.9 Å². The molecule has 0 aliphatic rings. The topological polar surface area (TPSA) is 66.4 Å². The number of nitrogens with one attached hydrogen (secondary N) is 1. The largest absolute Gasteiger partial charge is 0.478 e. The molecular formula is C9H4F4INO3. The average Bonchev–Trinajstić information content (AvgIpc) is 2.19. The molecule has 1 aromatic carbocycles. The zero-order valence-corrected chi connectivity index (χ0v) is 10.5. The van der Waals surface area contributed by atoms with Crippen LogP contribution >= 0.6 is 22.6 Å². The molecule has 1 amide bonds. The standard InChI is InChI=1S/C9H4F4INO3/c10-3-1-4(7(16)17)6(5(14)2-3)15-8(18)9(11,12)13/h1-2H,(H,15,18)(H,16,17). The molecule has 1 aromatic rings. The van der Waals surface area contributed by atoms with E-state index in [1.807, 2.05) is 0 Å². The van der Waals surface area contributed by atoms with Crippen LogP contribution in [-0.2, 0) is 4.79 Å². The maximum atomic E-state index is 12.9. The van der Waals surface area contributed by atoms with Crippen LogP contribution in [0.4, 0.5) is 23.2 Å². The SMILES string of the molecule is O=C(O)c1cc(F)cc(I)c1NC(=O)C(F)(F)F. The monoisotopic (exact) mass is 377 g/mol. The Labute approximate surface area is 111 Å². The quantitative estimate of drug-likeness (QED) is 0.615. The van der Waals surface area contributed by atoms with E-state index in [9.17, 15) is 27.2 Å². The van der Waals surface area contributed by atoms with Crippen molar-refractivity contribution in [1.82, 2.24) is 0 Å². The molecule has 0 saturated heterocycles. The maximum absolute atomic E-state index is 12.9. The van der Waals surface area contributed by atoms with Crippen LogP contribution in [-0.4, -0.2) is 23.2 Å². The molecule has 0 atom stereocenters. The second-order valence-electron chi connectivity index (χ2n) is 3.07. The number of amides is 1. The number of carboxylic acids is 1. The molecule has 4 nitrogen and oxygen atoms in total. The van der Waals surface area contributed by atoms with Gasteiger partial charge in [-0.05, 0) is 34.7 Å². The Morgan fingerprint density at radius 2 is 1.83 bits per heavy atom. The van der Waals surface area contributed by atoms with Crippen LogP contribution in [0.15, 0.2) is 12.1 Å². The summed E-state index contributed by atoms with van der Waals surface area (Å²) >= 11 is 1.42. The number of hydrogen-bond donors (Lipinski definition) is 2. The summed E-state index contributed by atoms with van der Waals surface area (Å²) in [7, 11) is 0. The third-order valence-electron chi connectivity index (χ3n) is 1.78. The number of carbonyl (C=O) groups excluding carboxylic acids is 1. The number of anilines is 1. The predicted octanol–water partition coefficient (Wildman–Crippen LogP) is 2.63. The summed E-state index contributed by atoms with van der Waals surface area (Å²) in [6, 6.07) is 1.33. The number of rotatable bonds is 2. The minimum atomic E-state index is -5.16. The molecule has 0 bridgehead atoms. The van der Waals surface area contributed by atoms with Gasteiger partial charge < -0.3 is 10.4 Å². The van der Waals surface area contributed by atoms with Crippen molar-refractivity contribution < 1.29 is 32.3 Å². The van der Waals surface area contributed by atoms with Gasteiger partial charge in [-0.25, -0.2) is 9.18 Å². The average molecular weight is 377 g/mol. The van der Waals surface area contributed by atoms with Crippen molar-refractivity contribution >= 4 is 40.2 Å². The third-order valence-corrected chi connectivity index (χ3v) is 2.63. The van der Waals surface area contributed by atoms with Gasteiger partial charge in [0.2, 0.25) is 0 Å². The molecule has 0 saturated carbocycles. The number of carbonyl (C=O) groups is 2. The molecule has 1 rings (SSSR count). The highest BCUT2D eigenvalue weighted by Gasteiger charge is 2.39. The van der Waals surface area contributed by atoms with Gasteiger partial charge in [0.1, 0.15) is 5.82 Å². The molecule has 2 N–H and O–H groups in total. The van der Waals surface area contributed by atoms with Crippen LogP contribution in [0.2, 0.25) is 0 Å². The summed E-state index contributed by atoms with van der Waals surface area (Å²) in [5.41, 5.74) is -1.34. The molecule has 0 spiro atoms. The number of carboxylic acid groups (broad SMARTS) is 1. The van der Waals surface area contributed by atoms with E-state index >= 15 is 0 Å². The molecule has 0 aliphatic heterocycles. The predicted molar refractivity (Wildman–Crippen MR) is 60.8 cm³/mol. The van der Waals surface area contributed by atoms with Crippen molar-refractivity contribution in [1.29, 1.82) is 0 Å². The van der Waals surface area contributed by atoms with E-state index in [2.05, 4.69) is 0 Å². The highest BCUT2D eigenvalue weighted by molar-refractivity contribution is 14.1. The van der Waals surface area contributed by atoms with Crippen LogP contribution < -0.4 is 5.32 Å². The minimum Gasteiger partial charge on any atom is -0.478 e. The van der Waals surface area contributed by atoms with Gasteiger partial charge >= 0.3 is 18.1 Å². The van der Waals surface area contributed by atoms with E-state index in [-0.39, 0.29) is 3.57 Å². The molecule has 0 fully saturated rings. The lowest BCUT2D eigenvalue weighted by molar-refractivity contribution is -0.167. The number of halogens is 5. The van der Waals surface area contributed by atoms with E-state index in [0.29, 0.717) is 6.07 Å². The lowest BCUT2D eigenvalue weighted by Gasteiger charge is -2.12. The number of aromatic carboxylic acids is 1. The first-order valence-electron chi connectivity index (χ1n) is 4.23. The second-order valence-corrected chi connectivity index (χ2v) is 4.23. The fourth-order valence-corrected chi connectivity index (χ4v) is 1.78. The van der Waals surface area contributed by atoms with Gasteiger partial charge in [0.25, 0.3) is 0 Å². The van der Waals surface area contributed by atoms with Crippen LogP contribution in [0, 0.1) is 9.39 Å². The van der Waals surface area contributed by atoms with Gasteiger partial charge in [-0.15, -0.1) is 0 Å². The molecule has 98 valence electrons. The molecule has 0 radical (unpaired) electrons. The van der Waals surface area contributed by atoms with Gasteiger partial charge in [-0.1, -0.05) is 0 Å². The van der Waals surface area contributed by atoms with Crippen LogP contribution in [0.1, 0.15) is 10.4 Å². The molecule has 0 unspecified atom stereocenters. The first-order valence-corrected chi connectivity index (χ1v) is 5.31. The van der Waals surface area contributed by atoms with Crippen LogP contribution in [0.5, 0.6) is 0 Å². The van der Waals surface area contributed by atoms with Gasteiger partial charge in [0.15, 0.2) is 0 Å². The Balaban J connectivity index is 3.24. The van der Waals surface area contributed by atoms with Crippen molar-refractivity contribution in [2.24, 2.45) is 0 Å². The van der Waals surface area contributed by atoms with E-state index in [0.717, 1.165) is 6.07 Å². The highest BCUT2D eigenvalue weighted by Crippen LogP contribution is 2.27. The van der Waals surface area contributed by atoms with E-state index in [1.54, 1.807) is 0 Å². The van der Waals surface area contributed by atoms with Crippen molar-refractivity contribution in [2.75, 3.05) is 5.32 Å². The van der Waals surface area contributed by atoms with Gasteiger partial charge in [-0.3, -0.25) is 4.79 Å². The molecule has 0 aromatic heterocycles. The summed E-state index contributed by atoms with van der Waals surface area (Å²) in [6.07, 6.45) is -5.16. The van der Waals surface area contributed by atoms with Crippen molar-refractivity contribution in [3.8, 4) is 0 Å². The summed E-state index contributed by atoms with van der Waals surface area (Å²) < 4.78 is 48.9. The fraction of sp³-hybridized carbons (Fsp3) is 0.111. The zero-order valence-electron chi connectivity index (χ0n) is 8.31. The number of hydrogen-bond acceptors (Lipinski definition) is 2. The number of benzene rings is 1. The lowest BCUT2D eigenvalue weighted by Crippen LogP contribution is -2.31. The Morgan fingerprint density at radius 1 is 1.28 bits per heavy atom. The minimum absolute atomic E-state index is 0.150.